The molecule has 4 heteroatoms. The molecule has 2 heterocycles. The molecule has 4 nitrogen and oxygen atoms in total. The molecule has 0 atom stereocenters. The van der Waals surface area contributed by atoms with Crippen LogP contribution in [0.4, 0.5) is 0 Å². The van der Waals surface area contributed by atoms with E-state index < -0.39 is 0 Å². The second kappa shape index (κ2) is 8.11. The zero-order valence-electron chi connectivity index (χ0n) is 16.7. The minimum absolute atomic E-state index is 0.0128. The summed E-state index contributed by atoms with van der Waals surface area (Å²) in [4.78, 5) is 19.9. The molecule has 0 fully saturated rings. The molecule has 0 spiro atoms. The highest BCUT2D eigenvalue weighted by Crippen LogP contribution is 2.21. The van der Waals surface area contributed by atoms with E-state index in [4.69, 9.17) is 0 Å². The Labute approximate surface area is 166 Å². The van der Waals surface area contributed by atoms with Crippen molar-refractivity contribution in [2.45, 2.75) is 33.2 Å². The van der Waals surface area contributed by atoms with Gasteiger partial charge in [0.1, 0.15) is 0 Å². The molecule has 3 aromatic rings. The number of benzene rings is 2. The van der Waals surface area contributed by atoms with Gasteiger partial charge in [-0.25, -0.2) is 0 Å². The zero-order chi connectivity index (χ0) is 19.5. The van der Waals surface area contributed by atoms with Crippen molar-refractivity contribution in [3.8, 4) is 0 Å². The van der Waals surface area contributed by atoms with Crippen LogP contribution in [-0.2, 0) is 19.4 Å². The highest BCUT2D eigenvalue weighted by molar-refractivity contribution is 6.06. The summed E-state index contributed by atoms with van der Waals surface area (Å²) in [6, 6.07) is 16.7. The summed E-state index contributed by atoms with van der Waals surface area (Å²) in [7, 11) is 0. The molecule has 28 heavy (non-hydrogen) atoms. The molecule has 0 saturated heterocycles. The number of aromatic nitrogens is 1. The van der Waals surface area contributed by atoms with Gasteiger partial charge in [-0.2, -0.15) is 0 Å². The average molecular weight is 374 g/mol. The minimum Gasteiger partial charge on any atom is -0.351 e. The van der Waals surface area contributed by atoms with Crippen LogP contribution >= 0.6 is 0 Å². The lowest BCUT2D eigenvalue weighted by molar-refractivity contribution is 0.0949. The summed E-state index contributed by atoms with van der Waals surface area (Å²) >= 11 is 0. The number of carbonyl (C=O) groups is 1. The number of nitrogens with one attached hydrogen (secondary N) is 1. The van der Waals surface area contributed by atoms with E-state index in [1.54, 1.807) is 0 Å². The summed E-state index contributed by atoms with van der Waals surface area (Å²) in [6.45, 7) is 7.58. The van der Waals surface area contributed by atoms with Crippen LogP contribution in [0.2, 0.25) is 0 Å². The Kier molecular flexibility index (Phi) is 5.40. The third-order valence-electron chi connectivity index (χ3n) is 5.58. The van der Waals surface area contributed by atoms with E-state index in [-0.39, 0.29) is 5.91 Å². The number of amides is 1. The zero-order valence-corrected chi connectivity index (χ0v) is 16.7. The van der Waals surface area contributed by atoms with Gasteiger partial charge in [-0.1, -0.05) is 37.3 Å². The maximum atomic E-state index is 12.9. The maximum Gasteiger partial charge on any atom is 0.252 e. The van der Waals surface area contributed by atoms with Crippen molar-refractivity contribution in [2.24, 2.45) is 0 Å². The van der Waals surface area contributed by atoms with Crippen LogP contribution < -0.4 is 5.32 Å². The van der Waals surface area contributed by atoms with Gasteiger partial charge < -0.3 is 5.32 Å². The number of aryl methyl sites for hydroxylation is 2. The maximum absolute atomic E-state index is 12.9. The van der Waals surface area contributed by atoms with Crippen LogP contribution in [0.25, 0.3) is 10.9 Å². The van der Waals surface area contributed by atoms with E-state index in [0.29, 0.717) is 6.54 Å². The number of nitrogens with zero attached hydrogens (tertiary/aromatic N) is 2. The Hall–Kier alpha value is -2.72. The first-order valence-electron chi connectivity index (χ1n) is 10.1. The van der Waals surface area contributed by atoms with E-state index in [9.17, 15) is 4.79 Å². The molecular formula is C24H27N3O. The first-order valence-corrected chi connectivity index (χ1v) is 10.1. The minimum atomic E-state index is -0.0128. The Morgan fingerprint density at radius 1 is 1.14 bits per heavy atom. The van der Waals surface area contributed by atoms with Gasteiger partial charge >= 0.3 is 0 Å². The fourth-order valence-electron chi connectivity index (χ4n) is 3.98. The largest absolute Gasteiger partial charge is 0.351 e. The van der Waals surface area contributed by atoms with Crippen LogP contribution in [0.1, 0.15) is 39.7 Å². The normalized spacial score (nSPS) is 14.1. The van der Waals surface area contributed by atoms with Crippen LogP contribution in [-0.4, -0.2) is 35.4 Å². The van der Waals surface area contributed by atoms with Crippen molar-refractivity contribution in [2.75, 3.05) is 19.6 Å². The van der Waals surface area contributed by atoms with Gasteiger partial charge in [0, 0.05) is 37.3 Å². The van der Waals surface area contributed by atoms with Crippen molar-refractivity contribution in [3.05, 3.63) is 76.5 Å². The van der Waals surface area contributed by atoms with Crippen molar-refractivity contribution in [1.82, 2.24) is 15.2 Å². The molecule has 0 unspecified atom stereocenters. The smallest absolute Gasteiger partial charge is 0.252 e. The molecule has 1 N–H and O–H groups in total. The van der Waals surface area contributed by atoms with Gasteiger partial charge in [0.25, 0.3) is 5.91 Å². The van der Waals surface area contributed by atoms with Crippen LogP contribution in [0.15, 0.2) is 48.5 Å². The third-order valence-corrected chi connectivity index (χ3v) is 5.58. The second-order valence-electron chi connectivity index (χ2n) is 7.57. The average Bonchev–Trinajstić information content (AvgIpc) is 2.72. The first-order chi connectivity index (χ1) is 13.6. The van der Waals surface area contributed by atoms with E-state index >= 15 is 0 Å². The topological polar surface area (TPSA) is 45.2 Å². The summed E-state index contributed by atoms with van der Waals surface area (Å²) in [6.07, 6.45) is 2.03. The Morgan fingerprint density at radius 2 is 1.96 bits per heavy atom. The van der Waals surface area contributed by atoms with Crippen LogP contribution in [0, 0.1) is 6.92 Å². The van der Waals surface area contributed by atoms with E-state index in [0.717, 1.165) is 54.6 Å². The lowest BCUT2D eigenvalue weighted by Crippen LogP contribution is -2.37. The molecule has 0 saturated carbocycles. The number of pyridine rings is 1. The fourth-order valence-corrected chi connectivity index (χ4v) is 3.98. The summed E-state index contributed by atoms with van der Waals surface area (Å²) < 4.78 is 0. The van der Waals surface area contributed by atoms with Crippen LogP contribution in [0.3, 0.4) is 0 Å². The molecule has 0 aliphatic carbocycles. The molecule has 1 aromatic heterocycles. The van der Waals surface area contributed by atoms with Crippen molar-refractivity contribution < 1.29 is 4.79 Å². The van der Waals surface area contributed by atoms with E-state index in [2.05, 4.69) is 58.5 Å². The summed E-state index contributed by atoms with van der Waals surface area (Å²) in [5, 5.41) is 4.06. The predicted molar refractivity (Wildman–Crippen MR) is 114 cm³/mol. The van der Waals surface area contributed by atoms with Gasteiger partial charge in [0.05, 0.1) is 11.1 Å². The quantitative estimate of drug-likeness (QED) is 0.738. The number of fused-ring (bicyclic) bond motifs is 2. The molecule has 144 valence electrons. The standard InChI is InChI=1S/C24H27N3O/c1-3-18-8-9-23-21(15-18)22(14-17(2)26-23)24(28)25-11-13-27-12-10-19-6-4-5-7-20(19)16-27/h4-9,14-15H,3,10-13,16H2,1-2H3,(H,25,28). The van der Waals surface area contributed by atoms with E-state index in [1.165, 1.54) is 16.7 Å². The number of rotatable bonds is 5. The molecule has 1 aliphatic heterocycles. The van der Waals surface area contributed by atoms with Gasteiger partial charge in [0.15, 0.2) is 0 Å². The van der Waals surface area contributed by atoms with Gasteiger partial charge in [0.2, 0.25) is 0 Å². The summed E-state index contributed by atoms with van der Waals surface area (Å²) in [5.41, 5.74) is 6.56. The first kappa shape index (κ1) is 18.6. The number of carbonyl (C=O) groups excluding carboxylic acids is 1. The molecule has 4 rings (SSSR count). The Bertz CT molecular complexity index is 1010. The van der Waals surface area contributed by atoms with Crippen LogP contribution in [0.5, 0.6) is 0 Å². The SMILES string of the molecule is CCc1ccc2nc(C)cc(C(=O)NCCN3CCc4ccccc4C3)c2c1. The summed E-state index contributed by atoms with van der Waals surface area (Å²) in [5.74, 6) is -0.0128. The highest BCUT2D eigenvalue weighted by atomic mass is 16.1. The third kappa shape index (κ3) is 3.92. The lowest BCUT2D eigenvalue weighted by atomic mass is 10.00. The fraction of sp³-hybridized carbons (Fsp3) is 0.333. The molecule has 0 radical (unpaired) electrons. The predicted octanol–water partition coefficient (Wildman–Crippen LogP) is 3.89. The second-order valence-corrected chi connectivity index (χ2v) is 7.57. The van der Waals surface area contributed by atoms with Crippen molar-refractivity contribution >= 4 is 16.8 Å². The molecule has 2 aromatic carbocycles. The molecule has 1 aliphatic rings. The Balaban J connectivity index is 1.43. The molecular weight excluding hydrogens is 346 g/mol. The highest BCUT2D eigenvalue weighted by Gasteiger charge is 2.16. The van der Waals surface area contributed by atoms with Gasteiger partial charge in [-0.05, 0) is 54.7 Å². The molecule has 1 amide bonds. The lowest BCUT2D eigenvalue weighted by Gasteiger charge is -2.28. The Morgan fingerprint density at radius 3 is 2.79 bits per heavy atom. The van der Waals surface area contributed by atoms with Gasteiger partial charge in [-0.3, -0.25) is 14.7 Å². The van der Waals surface area contributed by atoms with Crippen molar-refractivity contribution in [3.63, 3.8) is 0 Å². The van der Waals surface area contributed by atoms with E-state index in [1.807, 2.05) is 19.1 Å². The number of hydrogen-bond acceptors (Lipinski definition) is 3. The molecule has 0 bridgehead atoms. The monoisotopic (exact) mass is 373 g/mol. The van der Waals surface area contributed by atoms with Crippen molar-refractivity contribution in [1.29, 1.82) is 0 Å². The van der Waals surface area contributed by atoms with Gasteiger partial charge in [-0.15, -0.1) is 0 Å². The number of hydrogen-bond donors (Lipinski definition) is 1.